The maximum absolute atomic E-state index is 11.4. The summed E-state index contributed by atoms with van der Waals surface area (Å²) >= 11 is 0. The van der Waals surface area contributed by atoms with Crippen LogP contribution < -0.4 is 27.4 Å². The lowest BCUT2D eigenvalue weighted by molar-refractivity contribution is -0.176. The van der Waals surface area contributed by atoms with Gasteiger partial charge in [-0.05, 0) is 75.5 Å². The molecular weight excluding hydrogens is 758 g/mol. The Morgan fingerprint density at radius 1 is 1.13 bits per heavy atom. The predicted molar refractivity (Wildman–Crippen MR) is 198 cm³/mol. The number of hydrogen-bond donors (Lipinski definition) is 10. The van der Waals surface area contributed by atoms with Crippen molar-refractivity contribution >= 4 is 40.7 Å². The third kappa shape index (κ3) is 28.7. The van der Waals surface area contributed by atoms with Gasteiger partial charge in [0.05, 0.1) is 25.4 Å². The summed E-state index contributed by atoms with van der Waals surface area (Å²) in [6, 6.07) is 6.10. The molecule has 2 aliphatic rings. The normalized spacial score (nSPS) is 19.1. The van der Waals surface area contributed by atoms with E-state index in [2.05, 4.69) is 31.6 Å². The van der Waals surface area contributed by atoms with E-state index >= 15 is 0 Å². The van der Waals surface area contributed by atoms with E-state index in [1.54, 1.807) is 37.5 Å². The van der Waals surface area contributed by atoms with Crippen LogP contribution in [0.3, 0.4) is 0 Å². The average molecular weight is 815 g/mol. The lowest BCUT2D eigenvalue weighted by Gasteiger charge is -2.22. The number of allylic oxidation sites excluding steroid dienone is 1. The molecule has 2 aliphatic heterocycles. The molecule has 0 aliphatic carbocycles. The van der Waals surface area contributed by atoms with Gasteiger partial charge < -0.3 is 61.4 Å². The van der Waals surface area contributed by atoms with Crippen LogP contribution in [0.4, 0.5) is 10.5 Å². The van der Waals surface area contributed by atoms with Crippen LogP contribution in [-0.2, 0) is 48.6 Å². The van der Waals surface area contributed by atoms with Gasteiger partial charge in [-0.1, -0.05) is 24.8 Å². The van der Waals surface area contributed by atoms with E-state index in [-0.39, 0.29) is 46.6 Å². The molecule has 310 valence electrons. The first-order chi connectivity index (χ1) is 25.7. The second kappa shape index (κ2) is 32.7. The molecule has 5 atom stereocenters. The zero-order valence-electron chi connectivity index (χ0n) is 30.6. The number of nitrogens with one attached hydrogen (secondary N) is 3. The van der Waals surface area contributed by atoms with E-state index in [0.29, 0.717) is 38.1 Å². The Kier molecular flexibility index (Phi) is 31.7. The van der Waals surface area contributed by atoms with E-state index in [4.69, 9.17) is 55.9 Å². The van der Waals surface area contributed by atoms with E-state index in [1.807, 2.05) is 31.1 Å². The van der Waals surface area contributed by atoms with Gasteiger partial charge in [-0.2, -0.15) is 0 Å². The van der Waals surface area contributed by atoms with Crippen molar-refractivity contribution in [1.82, 2.24) is 20.9 Å². The number of aliphatic carboxylic acids is 1. The minimum Gasteiger partial charge on any atom is -0.480 e. The van der Waals surface area contributed by atoms with E-state index < -0.39 is 25.9 Å². The second-order valence-corrected chi connectivity index (χ2v) is 12.7. The van der Waals surface area contributed by atoms with Crippen molar-refractivity contribution in [3.8, 4) is 0 Å². The summed E-state index contributed by atoms with van der Waals surface area (Å²) in [6.45, 7) is 6.25. The molecule has 1 aromatic rings. The van der Waals surface area contributed by atoms with Crippen molar-refractivity contribution < 1.29 is 72.2 Å². The van der Waals surface area contributed by atoms with Crippen molar-refractivity contribution in [1.29, 1.82) is 0 Å². The van der Waals surface area contributed by atoms with E-state index in [9.17, 15) is 18.7 Å². The highest BCUT2D eigenvalue weighted by Crippen LogP contribution is 2.37. The van der Waals surface area contributed by atoms with Crippen molar-refractivity contribution in [2.75, 3.05) is 39.6 Å². The number of rotatable bonds is 18. The van der Waals surface area contributed by atoms with Crippen LogP contribution in [0.2, 0.25) is 0 Å². The number of ether oxygens (including phenoxy) is 3. The number of alkyl carbamates (subject to hydrolysis) is 1. The first-order valence-electron chi connectivity index (χ1n) is 16.4. The molecule has 54 heavy (non-hydrogen) atoms. The second-order valence-electron chi connectivity index (χ2n) is 11.0. The van der Waals surface area contributed by atoms with Gasteiger partial charge in [0.25, 0.3) is 0 Å². The Bertz CT molecular complexity index is 1250. The fourth-order valence-electron chi connectivity index (χ4n) is 4.27. The first kappa shape index (κ1) is 52.4. The smallest absolute Gasteiger partial charge is 0.469 e. The molecule has 2 heterocycles. The lowest BCUT2D eigenvalue weighted by atomic mass is 10.2. The molecule has 23 heteroatoms. The fourth-order valence-corrected chi connectivity index (χ4v) is 4.85. The van der Waals surface area contributed by atoms with Gasteiger partial charge in [0.15, 0.2) is 0 Å². The van der Waals surface area contributed by atoms with Crippen molar-refractivity contribution in [2.24, 2.45) is 5.73 Å². The Balaban J connectivity index is 0. The number of benzene rings is 1. The van der Waals surface area contributed by atoms with Crippen molar-refractivity contribution in [3.05, 3.63) is 54.9 Å². The van der Waals surface area contributed by atoms with Gasteiger partial charge in [-0.25, -0.2) is 13.9 Å². The van der Waals surface area contributed by atoms with Crippen LogP contribution in [0, 0.1) is 0 Å². The minimum absolute atomic E-state index is 0.0402. The summed E-state index contributed by atoms with van der Waals surface area (Å²) < 4.78 is 45.6. The molecule has 2 amide bonds. The highest BCUT2D eigenvalue weighted by atomic mass is 31.2. The van der Waals surface area contributed by atoms with Crippen molar-refractivity contribution in [2.45, 2.75) is 82.8 Å². The molecule has 2 saturated heterocycles. The zero-order chi connectivity index (χ0) is 41.4. The van der Waals surface area contributed by atoms with Crippen LogP contribution in [0.5, 0.6) is 0 Å². The molecule has 1 aromatic carbocycles. The van der Waals surface area contributed by atoms with Crippen LogP contribution in [0.25, 0.3) is 0 Å². The Labute approximate surface area is 316 Å². The Morgan fingerprint density at radius 3 is 2.28 bits per heavy atom. The highest BCUT2D eigenvalue weighted by Gasteiger charge is 2.29. The summed E-state index contributed by atoms with van der Waals surface area (Å²) in [5.74, 6) is -1.05. The number of phosphoric acid groups is 1. The Hall–Kier alpha value is -3.72. The van der Waals surface area contributed by atoms with Gasteiger partial charge in [-0.3, -0.25) is 29.2 Å². The number of nitrogen functional groups attached to an aromatic ring is 1. The predicted octanol–water partition coefficient (Wildman–Crippen LogP) is 2.58. The zero-order valence-corrected chi connectivity index (χ0v) is 32.4. The summed E-state index contributed by atoms with van der Waals surface area (Å²) in [5, 5.41) is 28.3. The molecule has 0 radical (unpaired) electrons. The fraction of sp³-hybridized carbons (Fsp3) is 0.581. The van der Waals surface area contributed by atoms with Gasteiger partial charge in [0.1, 0.15) is 25.1 Å². The van der Waals surface area contributed by atoms with Crippen LogP contribution in [0.1, 0.15) is 51.0 Å². The van der Waals surface area contributed by atoms with E-state index in [1.165, 1.54) is 0 Å². The molecule has 2 fully saturated rings. The number of amides is 2. The molecule has 0 saturated carbocycles. The number of carbonyl (C=O) groups is 3. The van der Waals surface area contributed by atoms with Crippen LogP contribution in [-0.4, -0.2) is 113 Å². The molecule has 12 N–H and O–H groups in total. The van der Waals surface area contributed by atoms with Gasteiger partial charge in [0.2, 0.25) is 6.41 Å². The molecule has 0 spiro atoms. The molecule has 0 bridgehead atoms. The Morgan fingerprint density at radius 2 is 1.74 bits per heavy atom. The number of nitrogens with zero attached hydrogens (tertiary/aromatic N) is 1. The SMILES string of the molecule is C/C=C\N(C)C1CCC(COP(=O)(O)O)O1.C=CNC1CCC(COP=O)O1.CNC=O.Nc1ccc(COC(=O)NCCCC(N)C(=O)O)cc1.OO. The molecule has 3 rings (SSSR count). The van der Waals surface area contributed by atoms with Crippen LogP contribution >= 0.6 is 16.5 Å². The third-order valence-corrected chi connectivity index (χ3v) is 7.56. The van der Waals surface area contributed by atoms with E-state index in [0.717, 1.165) is 31.2 Å². The molecular formula is C31H56N6O15P2. The molecule has 21 nitrogen and oxygen atoms in total. The number of carboxylic acids is 1. The topological polar surface area (TPSA) is 324 Å². The van der Waals surface area contributed by atoms with Crippen LogP contribution in [0.15, 0.2) is 49.3 Å². The van der Waals surface area contributed by atoms with Gasteiger partial charge in [-0.15, -0.1) is 0 Å². The number of carboxylic acid groups (broad SMARTS) is 1. The molecule has 0 aromatic heterocycles. The lowest BCUT2D eigenvalue weighted by Crippen LogP contribution is -2.32. The number of hydrogen-bond acceptors (Lipinski definition) is 16. The third-order valence-electron chi connectivity index (χ3n) is 6.82. The molecule has 5 unspecified atom stereocenters. The summed E-state index contributed by atoms with van der Waals surface area (Å²) in [7, 11) is -1.20. The number of phosphoric ester groups is 1. The van der Waals surface area contributed by atoms with Crippen molar-refractivity contribution in [3.63, 3.8) is 0 Å². The number of nitrogens with two attached hydrogens (primary N) is 2. The standard InChI is InChI=1S/C13H19N3O4.C9H18NO5P.C7H12NO3P.C2H5NO.H2O2/c14-10-5-3-9(4-6-10)8-20-13(19)16-7-1-2-11(15)12(17)18;1-3-6-10(2)9-5-4-8(15-9)7-14-16(11,12)13;1-2-8-7-4-3-6(11-7)5-10-12-9;1-3-2-4;1-2/h3-6,11H,1-2,7-8,14-15H2,(H,16,19)(H,17,18);3,6,8-9H,4-5,7H2,1-2H3,(H2,11,12,13);2,6-8H,1,3-5H2;2H,1H3,(H,3,4);1-2H/b;6-3-;;;. The highest BCUT2D eigenvalue weighted by molar-refractivity contribution is 7.46. The number of anilines is 1. The largest absolute Gasteiger partial charge is 0.480 e. The summed E-state index contributed by atoms with van der Waals surface area (Å²) in [5.41, 5.74) is 12.3. The summed E-state index contributed by atoms with van der Waals surface area (Å²) in [4.78, 5) is 49.9. The first-order valence-corrected chi connectivity index (χ1v) is 18.7. The summed E-state index contributed by atoms with van der Waals surface area (Å²) in [6.07, 6.45) is 9.53. The number of carbonyl (C=O) groups excluding carboxylic acids is 2. The van der Waals surface area contributed by atoms with Gasteiger partial charge in [0, 0.05) is 26.3 Å². The average Bonchev–Trinajstić information content (AvgIpc) is 3.83. The maximum atomic E-state index is 11.4. The monoisotopic (exact) mass is 814 g/mol. The maximum Gasteiger partial charge on any atom is 0.469 e. The quantitative estimate of drug-likeness (QED) is 0.0254. The van der Waals surface area contributed by atoms with Gasteiger partial charge >= 0.3 is 28.6 Å². The minimum atomic E-state index is -4.38.